The molecule has 21 heavy (non-hydrogen) atoms. The maximum Gasteiger partial charge on any atom is 0.262 e. The van der Waals surface area contributed by atoms with Gasteiger partial charge in [-0.05, 0) is 30.3 Å². The maximum atomic E-state index is 12.4. The number of nitrogens with two attached hydrogens (primary N) is 1. The number of hydrogen-bond acceptors (Lipinski definition) is 5. The number of aromatic nitrogens is 1. The van der Waals surface area contributed by atoms with Crippen LogP contribution in [-0.4, -0.2) is 13.4 Å². The number of sulfonamides is 1. The molecule has 0 aliphatic heterocycles. The normalized spacial score (nSPS) is 11.7. The summed E-state index contributed by atoms with van der Waals surface area (Å²) in [6.07, 6.45) is 1.67. The molecule has 5 nitrogen and oxygen atoms in total. The summed E-state index contributed by atoms with van der Waals surface area (Å²) in [5.41, 5.74) is 6.78. The first-order valence-electron chi connectivity index (χ1n) is 6.24. The third-order valence-electron chi connectivity index (χ3n) is 3.03. The van der Waals surface area contributed by atoms with E-state index < -0.39 is 10.0 Å². The van der Waals surface area contributed by atoms with Crippen LogP contribution in [0.25, 0.3) is 10.9 Å². The minimum Gasteiger partial charge on any atom is -0.326 e. The summed E-state index contributed by atoms with van der Waals surface area (Å²) >= 11 is 1.33. The van der Waals surface area contributed by atoms with Gasteiger partial charge in [0.2, 0.25) is 0 Å². The van der Waals surface area contributed by atoms with Crippen molar-refractivity contribution in [2.75, 3.05) is 4.72 Å². The molecule has 0 saturated carbocycles. The van der Waals surface area contributed by atoms with E-state index in [1.54, 1.807) is 35.8 Å². The van der Waals surface area contributed by atoms with Gasteiger partial charge in [0.1, 0.15) is 0 Å². The number of fused-ring (bicyclic) bond motifs is 1. The zero-order valence-electron chi connectivity index (χ0n) is 11.0. The SMILES string of the molecule is NCc1cc(S(=O)(=O)Nc2cccc3ncccc23)cs1. The van der Waals surface area contributed by atoms with E-state index in [1.165, 1.54) is 11.3 Å². The first-order valence-corrected chi connectivity index (χ1v) is 8.60. The van der Waals surface area contributed by atoms with Gasteiger partial charge >= 0.3 is 0 Å². The molecule has 3 rings (SSSR count). The summed E-state index contributed by atoms with van der Waals surface area (Å²) in [5, 5.41) is 2.35. The number of rotatable bonds is 4. The van der Waals surface area contributed by atoms with Crippen LogP contribution in [0.3, 0.4) is 0 Å². The molecule has 3 aromatic rings. The van der Waals surface area contributed by atoms with Gasteiger partial charge in [-0.15, -0.1) is 11.3 Å². The quantitative estimate of drug-likeness (QED) is 0.774. The topological polar surface area (TPSA) is 85.1 Å². The predicted octanol–water partition coefficient (Wildman–Crippen LogP) is 2.56. The number of anilines is 1. The second-order valence-corrected chi connectivity index (χ2v) is 7.11. The van der Waals surface area contributed by atoms with E-state index in [9.17, 15) is 8.42 Å². The highest BCUT2D eigenvalue weighted by atomic mass is 32.2. The highest BCUT2D eigenvalue weighted by Gasteiger charge is 2.17. The molecule has 3 N–H and O–H groups in total. The highest BCUT2D eigenvalue weighted by Crippen LogP contribution is 2.26. The number of benzene rings is 1. The van der Waals surface area contributed by atoms with Crippen LogP contribution >= 0.6 is 11.3 Å². The second-order valence-electron chi connectivity index (χ2n) is 4.43. The van der Waals surface area contributed by atoms with Crippen molar-refractivity contribution in [3.8, 4) is 0 Å². The largest absolute Gasteiger partial charge is 0.326 e. The van der Waals surface area contributed by atoms with Crippen LogP contribution in [0, 0.1) is 0 Å². The smallest absolute Gasteiger partial charge is 0.262 e. The molecule has 0 radical (unpaired) electrons. The number of thiophene rings is 1. The summed E-state index contributed by atoms with van der Waals surface area (Å²) < 4.78 is 27.4. The van der Waals surface area contributed by atoms with Crippen LogP contribution in [0.4, 0.5) is 5.69 Å². The zero-order valence-corrected chi connectivity index (χ0v) is 12.6. The van der Waals surface area contributed by atoms with Crippen molar-refractivity contribution in [3.05, 3.63) is 52.9 Å². The lowest BCUT2D eigenvalue weighted by atomic mass is 10.2. The molecule has 0 unspecified atom stereocenters. The maximum absolute atomic E-state index is 12.4. The monoisotopic (exact) mass is 319 g/mol. The lowest BCUT2D eigenvalue weighted by molar-refractivity contribution is 0.601. The number of pyridine rings is 1. The van der Waals surface area contributed by atoms with Crippen LogP contribution in [0.2, 0.25) is 0 Å². The van der Waals surface area contributed by atoms with Crippen molar-refractivity contribution < 1.29 is 8.42 Å². The third kappa shape index (κ3) is 2.76. The average molecular weight is 319 g/mol. The standard InChI is InChI=1S/C14H13N3O2S2/c15-8-10-7-11(9-20-10)21(18,19)17-14-5-1-4-13-12(14)3-2-6-16-13/h1-7,9,17H,8,15H2. The molecule has 0 amide bonds. The fourth-order valence-corrected chi connectivity index (χ4v) is 4.24. The first-order chi connectivity index (χ1) is 10.1. The molecule has 0 bridgehead atoms. The Balaban J connectivity index is 2.01. The van der Waals surface area contributed by atoms with Gasteiger partial charge < -0.3 is 5.73 Å². The molecule has 0 fully saturated rings. The highest BCUT2D eigenvalue weighted by molar-refractivity contribution is 7.92. The van der Waals surface area contributed by atoms with E-state index in [1.807, 2.05) is 12.1 Å². The summed E-state index contributed by atoms with van der Waals surface area (Å²) in [7, 11) is -3.62. The fraction of sp³-hybridized carbons (Fsp3) is 0.0714. The minimum atomic E-state index is -3.62. The Bertz CT molecular complexity index is 883. The lowest BCUT2D eigenvalue weighted by Gasteiger charge is -2.09. The molecule has 108 valence electrons. The molecule has 0 saturated heterocycles. The number of nitrogens with one attached hydrogen (secondary N) is 1. The fourth-order valence-electron chi connectivity index (χ4n) is 2.00. The Morgan fingerprint density at radius 3 is 2.86 bits per heavy atom. The van der Waals surface area contributed by atoms with E-state index in [4.69, 9.17) is 5.73 Å². The van der Waals surface area contributed by atoms with Crippen LogP contribution < -0.4 is 10.5 Å². The van der Waals surface area contributed by atoms with E-state index in [0.29, 0.717) is 12.2 Å². The van der Waals surface area contributed by atoms with Crippen LogP contribution in [0.1, 0.15) is 4.88 Å². The average Bonchev–Trinajstić information content (AvgIpc) is 2.97. The minimum absolute atomic E-state index is 0.230. The molecule has 0 atom stereocenters. The van der Waals surface area contributed by atoms with Gasteiger partial charge in [0.05, 0.1) is 16.1 Å². The van der Waals surface area contributed by atoms with Gasteiger partial charge in [-0.25, -0.2) is 8.42 Å². The summed E-state index contributed by atoms with van der Waals surface area (Å²) in [6.45, 7) is 0.332. The van der Waals surface area contributed by atoms with E-state index in [2.05, 4.69) is 9.71 Å². The van der Waals surface area contributed by atoms with Crippen molar-refractivity contribution in [3.63, 3.8) is 0 Å². The van der Waals surface area contributed by atoms with Crippen molar-refractivity contribution in [1.82, 2.24) is 4.98 Å². The van der Waals surface area contributed by atoms with E-state index in [-0.39, 0.29) is 4.90 Å². The Kier molecular flexibility index (Phi) is 3.62. The van der Waals surface area contributed by atoms with Crippen LogP contribution in [-0.2, 0) is 16.6 Å². The molecule has 0 aliphatic rings. The van der Waals surface area contributed by atoms with E-state index >= 15 is 0 Å². The van der Waals surface area contributed by atoms with Crippen molar-refractivity contribution >= 4 is 38.0 Å². The molecule has 2 aromatic heterocycles. The summed E-state index contributed by atoms with van der Waals surface area (Å²) in [6, 6.07) is 10.5. The van der Waals surface area contributed by atoms with Crippen molar-refractivity contribution in [2.45, 2.75) is 11.4 Å². The Morgan fingerprint density at radius 1 is 1.24 bits per heavy atom. The Hall–Kier alpha value is -1.96. The predicted molar refractivity (Wildman–Crippen MR) is 84.8 cm³/mol. The molecule has 1 aromatic carbocycles. The third-order valence-corrected chi connectivity index (χ3v) is 5.48. The zero-order chi connectivity index (χ0) is 14.9. The van der Waals surface area contributed by atoms with Crippen LogP contribution in [0.5, 0.6) is 0 Å². The molecular weight excluding hydrogens is 306 g/mol. The summed E-state index contributed by atoms with van der Waals surface area (Å²) in [4.78, 5) is 5.27. The van der Waals surface area contributed by atoms with Crippen molar-refractivity contribution in [2.24, 2.45) is 5.73 Å². The molecule has 7 heteroatoms. The lowest BCUT2D eigenvalue weighted by Crippen LogP contribution is -2.12. The second kappa shape index (κ2) is 5.44. The van der Waals surface area contributed by atoms with Gasteiger partial charge in [0.25, 0.3) is 10.0 Å². The van der Waals surface area contributed by atoms with Gasteiger partial charge in [-0.1, -0.05) is 6.07 Å². The van der Waals surface area contributed by atoms with Gasteiger partial charge in [0, 0.05) is 28.4 Å². The van der Waals surface area contributed by atoms with Gasteiger partial charge in [-0.2, -0.15) is 0 Å². The Labute approximate surface area is 126 Å². The molecule has 0 aliphatic carbocycles. The molecular formula is C14H13N3O2S2. The molecule has 0 spiro atoms. The molecule has 2 heterocycles. The first kappa shape index (κ1) is 14.0. The summed E-state index contributed by atoms with van der Waals surface area (Å²) in [5.74, 6) is 0. The number of nitrogens with zero attached hydrogens (tertiary/aromatic N) is 1. The van der Waals surface area contributed by atoms with Gasteiger partial charge in [0.15, 0.2) is 0 Å². The van der Waals surface area contributed by atoms with E-state index in [0.717, 1.165) is 15.8 Å². The van der Waals surface area contributed by atoms with Crippen molar-refractivity contribution in [1.29, 1.82) is 0 Å². The van der Waals surface area contributed by atoms with Crippen LogP contribution in [0.15, 0.2) is 52.9 Å². The number of hydrogen-bond donors (Lipinski definition) is 2. The van der Waals surface area contributed by atoms with Gasteiger partial charge in [-0.3, -0.25) is 9.71 Å². The Morgan fingerprint density at radius 2 is 2.10 bits per heavy atom.